The molecule has 68 valence electrons. The molecule has 0 aromatic heterocycles. The predicted octanol–water partition coefficient (Wildman–Crippen LogP) is 1.11. The van der Waals surface area contributed by atoms with Gasteiger partial charge in [0.25, 0.3) is 0 Å². The molecule has 1 rings (SSSR count). The summed E-state index contributed by atoms with van der Waals surface area (Å²) in [6.07, 6.45) is 3.15. The number of hydrogen-bond donors (Lipinski definition) is 2. The van der Waals surface area contributed by atoms with Crippen LogP contribution in [-0.2, 0) is 4.79 Å². The van der Waals surface area contributed by atoms with Crippen LogP contribution in [0.1, 0.15) is 5.56 Å². The van der Waals surface area contributed by atoms with E-state index in [0.717, 1.165) is 5.56 Å². The number of carbonyl (C=O) groups is 1. The van der Waals surface area contributed by atoms with Gasteiger partial charge in [0.2, 0.25) is 0 Å². The third kappa shape index (κ3) is 3.09. The van der Waals surface area contributed by atoms with Gasteiger partial charge in [-0.05, 0) is 5.56 Å². The van der Waals surface area contributed by atoms with Crippen LogP contribution in [0.3, 0.4) is 0 Å². The molecule has 0 radical (unpaired) electrons. The Morgan fingerprint density at radius 2 is 2.00 bits per heavy atom. The van der Waals surface area contributed by atoms with E-state index >= 15 is 0 Å². The van der Waals surface area contributed by atoms with E-state index in [4.69, 9.17) is 10.8 Å². The lowest BCUT2D eigenvalue weighted by Crippen LogP contribution is -2.27. The largest absolute Gasteiger partial charge is 0.480 e. The van der Waals surface area contributed by atoms with E-state index in [1.165, 1.54) is 6.08 Å². The summed E-state index contributed by atoms with van der Waals surface area (Å²) in [6.45, 7) is 0. The second kappa shape index (κ2) is 4.42. The Balaban J connectivity index is 2.64. The summed E-state index contributed by atoms with van der Waals surface area (Å²) in [6, 6.07) is 8.49. The molecule has 3 N–H and O–H groups in total. The third-order valence-electron chi connectivity index (χ3n) is 1.58. The maximum Gasteiger partial charge on any atom is 0.324 e. The highest BCUT2D eigenvalue weighted by molar-refractivity contribution is 5.77. The zero-order valence-corrected chi connectivity index (χ0v) is 7.05. The Bertz CT molecular complexity index is 306. The van der Waals surface area contributed by atoms with Crippen molar-refractivity contribution in [3.63, 3.8) is 0 Å². The van der Waals surface area contributed by atoms with Crippen molar-refractivity contribution >= 4 is 12.0 Å². The van der Waals surface area contributed by atoms with Crippen LogP contribution >= 0.6 is 0 Å². The molecule has 1 atom stereocenters. The molecule has 0 spiro atoms. The van der Waals surface area contributed by atoms with E-state index in [2.05, 4.69) is 0 Å². The average molecular weight is 177 g/mol. The van der Waals surface area contributed by atoms with Crippen LogP contribution in [0.15, 0.2) is 36.4 Å². The standard InChI is InChI=1S/C10H11NO2/c11-9(10(12)13)7-6-8-4-2-1-3-5-8/h1-7,9H,11H2,(H,12,13)/b7-6+/t9-/m1/s1. The minimum absolute atomic E-state index is 0.930. The van der Waals surface area contributed by atoms with E-state index < -0.39 is 12.0 Å². The molecule has 0 saturated carbocycles. The van der Waals surface area contributed by atoms with Gasteiger partial charge in [0.05, 0.1) is 0 Å². The van der Waals surface area contributed by atoms with Crippen molar-refractivity contribution < 1.29 is 9.90 Å². The number of carboxylic acid groups (broad SMARTS) is 1. The molecule has 0 amide bonds. The lowest BCUT2D eigenvalue weighted by molar-refractivity contribution is -0.137. The molecule has 13 heavy (non-hydrogen) atoms. The van der Waals surface area contributed by atoms with Gasteiger partial charge in [0, 0.05) is 0 Å². The molecule has 0 aliphatic heterocycles. The van der Waals surface area contributed by atoms with Gasteiger partial charge in [0.15, 0.2) is 0 Å². The number of benzene rings is 1. The van der Waals surface area contributed by atoms with Crippen molar-refractivity contribution in [2.45, 2.75) is 6.04 Å². The van der Waals surface area contributed by atoms with Gasteiger partial charge >= 0.3 is 5.97 Å². The second-order valence-electron chi connectivity index (χ2n) is 2.63. The summed E-state index contributed by atoms with van der Waals surface area (Å²) in [7, 11) is 0. The van der Waals surface area contributed by atoms with Crippen LogP contribution in [0.2, 0.25) is 0 Å². The summed E-state index contributed by atoms with van der Waals surface area (Å²) < 4.78 is 0. The molecular weight excluding hydrogens is 166 g/mol. The van der Waals surface area contributed by atoms with Crippen molar-refractivity contribution in [1.82, 2.24) is 0 Å². The maximum atomic E-state index is 10.3. The summed E-state index contributed by atoms with van der Waals surface area (Å²) in [5, 5.41) is 8.48. The normalized spacial score (nSPS) is 13.0. The van der Waals surface area contributed by atoms with Crippen molar-refractivity contribution in [2.75, 3.05) is 0 Å². The smallest absolute Gasteiger partial charge is 0.324 e. The highest BCUT2D eigenvalue weighted by atomic mass is 16.4. The zero-order valence-electron chi connectivity index (χ0n) is 7.05. The van der Waals surface area contributed by atoms with Crippen LogP contribution in [0.4, 0.5) is 0 Å². The van der Waals surface area contributed by atoms with Crippen LogP contribution < -0.4 is 5.73 Å². The van der Waals surface area contributed by atoms with E-state index in [1.54, 1.807) is 6.08 Å². The lowest BCUT2D eigenvalue weighted by Gasteiger charge is -1.97. The molecule has 0 bridgehead atoms. The van der Waals surface area contributed by atoms with Gasteiger partial charge in [-0.3, -0.25) is 4.79 Å². The SMILES string of the molecule is N[C@H](/C=C/c1ccccc1)C(=O)O. The van der Waals surface area contributed by atoms with Gasteiger partial charge in [-0.25, -0.2) is 0 Å². The number of aliphatic carboxylic acids is 1. The number of hydrogen-bond acceptors (Lipinski definition) is 2. The Labute approximate surface area is 76.5 Å². The molecule has 1 aromatic rings. The van der Waals surface area contributed by atoms with Crippen LogP contribution in [0.5, 0.6) is 0 Å². The monoisotopic (exact) mass is 177 g/mol. The molecule has 0 aliphatic carbocycles. The molecule has 1 aromatic carbocycles. The minimum atomic E-state index is -1.02. The van der Waals surface area contributed by atoms with E-state index in [9.17, 15) is 4.79 Å². The quantitative estimate of drug-likeness (QED) is 0.727. The summed E-state index contributed by atoms with van der Waals surface area (Å²) in [5.41, 5.74) is 6.22. The molecular formula is C10H11NO2. The fourth-order valence-corrected chi connectivity index (χ4v) is 0.861. The van der Waals surface area contributed by atoms with E-state index in [0.29, 0.717) is 0 Å². The molecule has 3 nitrogen and oxygen atoms in total. The van der Waals surface area contributed by atoms with Crippen LogP contribution in [-0.4, -0.2) is 17.1 Å². The molecule has 3 heteroatoms. The molecule has 0 aliphatic rings. The molecule has 0 heterocycles. The first-order valence-electron chi connectivity index (χ1n) is 3.92. The Hall–Kier alpha value is -1.61. The van der Waals surface area contributed by atoms with Crippen molar-refractivity contribution in [2.24, 2.45) is 5.73 Å². The third-order valence-corrected chi connectivity index (χ3v) is 1.58. The van der Waals surface area contributed by atoms with Crippen molar-refractivity contribution in [3.8, 4) is 0 Å². The first kappa shape index (κ1) is 9.48. The first-order chi connectivity index (χ1) is 6.20. The van der Waals surface area contributed by atoms with Gasteiger partial charge < -0.3 is 10.8 Å². The fraction of sp³-hybridized carbons (Fsp3) is 0.100. The van der Waals surface area contributed by atoms with Gasteiger partial charge in [-0.1, -0.05) is 42.5 Å². The molecule has 0 fully saturated rings. The Kier molecular flexibility index (Phi) is 3.23. The summed E-state index contributed by atoms with van der Waals surface area (Å²) in [4.78, 5) is 10.3. The van der Waals surface area contributed by atoms with Crippen molar-refractivity contribution in [3.05, 3.63) is 42.0 Å². The Morgan fingerprint density at radius 3 is 2.54 bits per heavy atom. The lowest BCUT2D eigenvalue weighted by atomic mass is 10.2. The van der Waals surface area contributed by atoms with Crippen LogP contribution in [0.25, 0.3) is 6.08 Å². The Morgan fingerprint density at radius 1 is 1.38 bits per heavy atom. The van der Waals surface area contributed by atoms with E-state index in [-0.39, 0.29) is 0 Å². The molecule has 0 saturated heterocycles. The topological polar surface area (TPSA) is 63.3 Å². The van der Waals surface area contributed by atoms with Crippen molar-refractivity contribution in [1.29, 1.82) is 0 Å². The highest BCUT2D eigenvalue weighted by Gasteiger charge is 2.04. The highest BCUT2D eigenvalue weighted by Crippen LogP contribution is 2.01. The first-order valence-corrected chi connectivity index (χ1v) is 3.92. The van der Waals surface area contributed by atoms with Gasteiger partial charge in [-0.15, -0.1) is 0 Å². The number of carboxylic acids is 1. The summed E-state index contributed by atoms with van der Waals surface area (Å²) >= 11 is 0. The zero-order chi connectivity index (χ0) is 9.68. The fourth-order valence-electron chi connectivity index (χ4n) is 0.861. The predicted molar refractivity (Wildman–Crippen MR) is 51.1 cm³/mol. The van der Waals surface area contributed by atoms with E-state index in [1.807, 2.05) is 30.3 Å². The van der Waals surface area contributed by atoms with Gasteiger partial charge in [-0.2, -0.15) is 0 Å². The van der Waals surface area contributed by atoms with Crippen LogP contribution in [0, 0.1) is 0 Å². The number of nitrogens with two attached hydrogens (primary N) is 1. The minimum Gasteiger partial charge on any atom is -0.480 e. The summed E-state index contributed by atoms with van der Waals surface area (Å²) in [5.74, 6) is -1.02. The molecule has 0 unspecified atom stereocenters. The van der Waals surface area contributed by atoms with Gasteiger partial charge in [0.1, 0.15) is 6.04 Å². The number of rotatable bonds is 3. The maximum absolute atomic E-state index is 10.3. The average Bonchev–Trinajstić information content (AvgIpc) is 2.15. The second-order valence-corrected chi connectivity index (χ2v) is 2.63.